The van der Waals surface area contributed by atoms with Gasteiger partial charge in [-0.3, -0.25) is 9.59 Å². The number of fused-ring (bicyclic) bond motifs is 1. The summed E-state index contributed by atoms with van der Waals surface area (Å²) in [5, 5.41) is 3.33. The third kappa shape index (κ3) is 4.55. The van der Waals surface area contributed by atoms with Crippen LogP contribution in [0.4, 0.5) is 8.78 Å². The lowest BCUT2D eigenvalue weighted by Gasteiger charge is -2.27. The summed E-state index contributed by atoms with van der Waals surface area (Å²) < 4.78 is 36.0. The number of benzene rings is 2. The molecule has 1 amide bonds. The number of ether oxygens (including phenoxy) is 1. The molecule has 1 aromatic heterocycles. The van der Waals surface area contributed by atoms with E-state index < -0.39 is 5.82 Å². The average Bonchev–Trinajstić information content (AvgIpc) is 3.20. The van der Waals surface area contributed by atoms with Crippen molar-refractivity contribution in [2.75, 3.05) is 7.11 Å². The fourth-order valence-electron chi connectivity index (χ4n) is 4.34. The van der Waals surface area contributed by atoms with Gasteiger partial charge in [0.05, 0.1) is 30.7 Å². The van der Waals surface area contributed by atoms with Gasteiger partial charge >= 0.3 is 5.97 Å². The number of hydrogen-bond acceptors (Lipinski definition) is 3. The standard InChI is InChI=1S/C24H23BrF2N2O3/c1-32-24(31)14-3-6-17(7-4-14)28-23(30)19-8-9-20(26)18-10-11-29(22(18)19)13-15-2-5-16(25)12-21(15)27/h2,5,8-12,14,17H,3-4,6-7,13H2,1H3,(H,28,30). The molecular formula is C24H23BrF2N2O3. The second-order valence-electron chi connectivity index (χ2n) is 8.08. The maximum Gasteiger partial charge on any atom is 0.308 e. The SMILES string of the molecule is COC(=O)C1CCC(NC(=O)c2ccc(F)c3ccn(Cc4ccc(Br)cc4F)c23)CC1. The van der Waals surface area contributed by atoms with Crippen LogP contribution in [0, 0.1) is 17.6 Å². The van der Waals surface area contributed by atoms with E-state index in [4.69, 9.17) is 4.74 Å². The van der Waals surface area contributed by atoms with Gasteiger partial charge in [-0.05, 0) is 56.0 Å². The van der Waals surface area contributed by atoms with Crippen LogP contribution in [0.5, 0.6) is 0 Å². The van der Waals surface area contributed by atoms with Crippen molar-refractivity contribution in [2.45, 2.75) is 38.3 Å². The zero-order chi connectivity index (χ0) is 22.8. The number of hydrogen-bond donors (Lipinski definition) is 1. The van der Waals surface area contributed by atoms with E-state index in [0.717, 1.165) is 0 Å². The largest absolute Gasteiger partial charge is 0.469 e. The minimum absolute atomic E-state index is 0.0733. The van der Waals surface area contributed by atoms with Crippen LogP contribution in [-0.2, 0) is 16.1 Å². The van der Waals surface area contributed by atoms with Gasteiger partial charge in [0, 0.05) is 27.7 Å². The smallest absolute Gasteiger partial charge is 0.308 e. The third-order valence-corrected chi connectivity index (χ3v) is 6.56. The molecule has 0 saturated heterocycles. The zero-order valence-corrected chi connectivity index (χ0v) is 19.1. The molecule has 4 rings (SSSR count). The first-order valence-electron chi connectivity index (χ1n) is 10.5. The molecule has 0 aliphatic heterocycles. The van der Waals surface area contributed by atoms with Crippen molar-refractivity contribution in [2.24, 2.45) is 5.92 Å². The molecule has 1 fully saturated rings. The predicted octanol–water partition coefficient (Wildman–Crippen LogP) is 5.19. The van der Waals surface area contributed by atoms with Crippen molar-refractivity contribution >= 4 is 38.7 Å². The number of nitrogens with one attached hydrogen (secondary N) is 1. The summed E-state index contributed by atoms with van der Waals surface area (Å²) in [5.74, 6) is -1.49. The molecular weight excluding hydrogens is 482 g/mol. The predicted molar refractivity (Wildman–Crippen MR) is 120 cm³/mol. The molecule has 168 valence electrons. The Balaban J connectivity index is 1.57. The lowest BCUT2D eigenvalue weighted by Crippen LogP contribution is -2.39. The summed E-state index contributed by atoms with van der Waals surface area (Å²) in [6.07, 6.45) is 4.29. The number of halogens is 3. The molecule has 1 heterocycles. The summed E-state index contributed by atoms with van der Waals surface area (Å²) in [4.78, 5) is 24.8. The van der Waals surface area contributed by atoms with E-state index in [1.165, 1.54) is 25.3 Å². The molecule has 0 radical (unpaired) electrons. The van der Waals surface area contributed by atoms with Crippen LogP contribution in [0.2, 0.25) is 0 Å². The van der Waals surface area contributed by atoms with Crippen molar-refractivity contribution < 1.29 is 23.1 Å². The van der Waals surface area contributed by atoms with Crippen LogP contribution in [0.3, 0.4) is 0 Å². The Morgan fingerprint density at radius 1 is 1.09 bits per heavy atom. The van der Waals surface area contributed by atoms with E-state index in [1.54, 1.807) is 29.0 Å². The molecule has 8 heteroatoms. The average molecular weight is 505 g/mol. The minimum atomic E-state index is -0.440. The number of carbonyl (C=O) groups excluding carboxylic acids is 2. The van der Waals surface area contributed by atoms with E-state index in [2.05, 4.69) is 21.2 Å². The van der Waals surface area contributed by atoms with Crippen molar-refractivity contribution in [1.29, 1.82) is 0 Å². The molecule has 1 aliphatic rings. The van der Waals surface area contributed by atoms with E-state index in [0.29, 0.717) is 52.2 Å². The fourth-order valence-corrected chi connectivity index (χ4v) is 4.68. The molecule has 1 N–H and O–H groups in total. The monoisotopic (exact) mass is 504 g/mol. The van der Waals surface area contributed by atoms with Gasteiger partial charge in [0.2, 0.25) is 0 Å². The van der Waals surface area contributed by atoms with E-state index in [1.807, 2.05) is 0 Å². The highest BCUT2D eigenvalue weighted by atomic mass is 79.9. The van der Waals surface area contributed by atoms with Gasteiger partial charge in [0.25, 0.3) is 5.91 Å². The van der Waals surface area contributed by atoms with E-state index in [-0.39, 0.29) is 36.2 Å². The number of aromatic nitrogens is 1. The first kappa shape index (κ1) is 22.5. The molecule has 0 atom stereocenters. The summed E-state index contributed by atoms with van der Waals surface area (Å²) in [6.45, 7) is 0.163. The van der Waals surface area contributed by atoms with Crippen molar-refractivity contribution in [3.8, 4) is 0 Å². The first-order valence-corrected chi connectivity index (χ1v) is 11.3. The Hall–Kier alpha value is -2.74. The lowest BCUT2D eigenvalue weighted by atomic mass is 9.86. The Morgan fingerprint density at radius 2 is 1.84 bits per heavy atom. The molecule has 1 saturated carbocycles. The molecule has 2 aromatic carbocycles. The number of amides is 1. The Bertz CT molecular complexity index is 1170. The lowest BCUT2D eigenvalue weighted by molar-refractivity contribution is -0.146. The first-order chi connectivity index (χ1) is 15.4. The van der Waals surface area contributed by atoms with Gasteiger partial charge in [0.15, 0.2) is 0 Å². The van der Waals surface area contributed by atoms with Crippen molar-refractivity contribution in [3.63, 3.8) is 0 Å². The van der Waals surface area contributed by atoms with E-state index in [9.17, 15) is 18.4 Å². The number of nitrogens with zero attached hydrogens (tertiary/aromatic N) is 1. The molecule has 5 nitrogen and oxygen atoms in total. The molecule has 3 aromatic rings. The summed E-state index contributed by atoms with van der Waals surface area (Å²) in [6, 6.07) is 9.03. The molecule has 0 bridgehead atoms. The molecule has 1 aliphatic carbocycles. The van der Waals surface area contributed by atoms with Gasteiger partial charge in [-0.1, -0.05) is 22.0 Å². The second kappa shape index (κ2) is 9.40. The Morgan fingerprint density at radius 3 is 2.53 bits per heavy atom. The maximum atomic E-state index is 14.5. The van der Waals surface area contributed by atoms with Crippen LogP contribution < -0.4 is 5.32 Å². The highest BCUT2D eigenvalue weighted by molar-refractivity contribution is 9.10. The quantitative estimate of drug-likeness (QED) is 0.486. The van der Waals surface area contributed by atoms with Gasteiger partial charge in [0.1, 0.15) is 11.6 Å². The summed E-state index contributed by atoms with van der Waals surface area (Å²) in [5.41, 5.74) is 1.19. The summed E-state index contributed by atoms with van der Waals surface area (Å²) >= 11 is 3.24. The Kier molecular flexibility index (Phi) is 6.60. The number of esters is 1. The van der Waals surface area contributed by atoms with E-state index >= 15 is 0 Å². The second-order valence-corrected chi connectivity index (χ2v) is 9.00. The zero-order valence-electron chi connectivity index (χ0n) is 17.5. The number of rotatable bonds is 5. The number of methoxy groups -OCH3 is 1. The Labute approximate surface area is 192 Å². The van der Waals surface area contributed by atoms with Gasteiger partial charge in [-0.15, -0.1) is 0 Å². The third-order valence-electron chi connectivity index (χ3n) is 6.07. The highest BCUT2D eigenvalue weighted by Crippen LogP contribution is 2.28. The van der Waals surface area contributed by atoms with Crippen molar-refractivity contribution in [3.05, 3.63) is 69.8 Å². The molecule has 0 spiro atoms. The molecule has 0 unspecified atom stereocenters. The van der Waals surface area contributed by atoms with Gasteiger partial charge in [-0.25, -0.2) is 8.78 Å². The maximum absolute atomic E-state index is 14.5. The molecule has 32 heavy (non-hydrogen) atoms. The fraction of sp³-hybridized carbons (Fsp3) is 0.333. The topological polar surface area (TPSA) is 60.3 Å². The normalized spacial score (nSPS) is 18.5. The van der Waals surface area contributed by atoms with Crippen LogP contribution >= 0.6 is 15.9 Å². The van der Waals surface area contributed by atoms with Crippen LogP contribution in [0.15, 0.2) is 47.1 Å². The van der Waals surface area contributed by atoms with Gasteiger partial charge in [-0.2, -0.15) is 0 Å². The van der Waals surface area contributed by atoms with Crippen molar-refractivity contribution in [1.82, 2.24) is 9.88 Å². The minimum Gasteiger partial charge on any atom is -0.469 e. The highest BCUT2D eigenvalue weighted by Gasteiger charge is 2.28. The van der Waals surface area contributed by atoms with Crippen LogP contribution in [0.25, 0.3) is 10.9 Å². The van der Waals surface area contributed by atoms with Gasteiger partial charge < -0.3 is 14.6 Å². The van der Waals surface area contributed by atoms with Crippen LogP contribution in [-0.4, -0.2) is 29.6 Å². The van der Waals surface area contributed by atoms with Crippen LogP contribution in [0.1, 0.15) is 41.6 Å². The summed E-state index contributed by atoms with van der Waals surface area (Å²) in [7, 11) is 1.38. The number of carbonyl (C=O) groups is 2.